The molecule has 17 heavy (non-hydrogen) atoms. The number of nitrogens with one attached hydrogen (secondary N) is 1. The summed E-state index contributed by atoms with van der Waals surface area (Å²) >= 11 is 5.78. The molecule has 0 aromatic heterocycles. The highest BCUT2D eigenvalue weighted by Crippen LogP contribution is 2.17. The summed E-state index contributed by atoms with van der Waals surface area (Å²) in [4.78, 5) is 13.1. The summed E-state index contributed by atoms with van der Waals surface area (Å²) in [6.07, 6.45) is -0.585. The summed E-state index contributed by atoms with van der Waals surface area (Å²) in [7, 11) is 0. The zero-order valence-electron chi connectivity index (χ0n) is 9.40. The normalized spacial score (nSPS) is 18.8. The number of piperazine rings is 1. The van der Waals surface area contributed by atoms with Crippen molar-refractivity contribution in [2.24, 2.45) is 0 Å². The Hall–Kier alpha value is -1.10. The Balaban J connectivity index is 1.94. The largest absolute Gasteiger partial charge is 0.387 e. The molecule has 0 spiro atoms. The lowest BCUT2D eigenvalue weighted by Gasteiger charge is -2.28. The third-order valence-corrected chi connectivity index (χ3v) is 3.06. The van der Waals surface area contributed by atoms with E-state index in [2.05, 4.69) is 5.32 Å². The molecule has 1 aliphatic heterocycles. The first kappa shape index (κ1) is 12.4. The summed E-state index contributed by atoms with van der Waals surface area (Å²) in [5.74, 6) is 0.0135. The number of aliphatic hydroxyl groups excluding tert-OH is 1. The van der Waals surface area contributed by atoms with Crippen molar-refractivity contribution in [1.29, 1.82) is 0 Å². The molecule has 92 valence electrons. The quantitative estimate of drug-likeness (QED) is 0.839. The monoisotopic (exact) mass is 254 g/mol. The standard InChI is InChI=1S/C12H15ClN2O2/c13-10-3-1-9(2-4-10)11(16)7-15-6-5-14-12(17)8-15/h1-4,11,16H,5-8H2,(H,14,17). The van der Waals surface area contributed by atoms with Crippen LogP contribution < -0.4 is 5.32 Å². The first-order chi connectivity index (χ1) is 8.15. The summed E-state index contributed by atoms with van der Waals surface area (Å²) < 4.78 is 0. The van der Waals surface area contributed by atoms with Gasteiger partial charge in [0.25, 0.3) is 0 Å². The molecule has 5 heteroatoms. The molecule has 2 N–H and O–H groups in total. The fourth-order valence-electron chi connectivity index (χ4n) is 1.88. The minimum atomic E-state index is -0.585. The molecule has 1 amide bonds. The van der Waals surface area contributed by atoms with E-state index in [1.165, 1.54) is 0 Å². The number of rotatable bonds is 3. The van der Waals surface area contributed by atoms with Gasteiger partial charge in [0.15, 0.2) is 0 Å². The number of benzene rings is 1. The Morgan fingerprint density at radius 1 is 1.41 bits per heavy atom. The number of hydrogen-bond donors (Lipinski definition) is 2. The van der Waals surface area contributed by atoms with Crippen LogP contribution in [0.2, 0.25) is 5.02 Å². The SMILES string of the molecule is O=C1CN(CC(O)c2ccc(Cl)cc2)CCN1. The van der Waals surface area contributed by atoms with Crippen LogP contribution in [0.1, 0.15) is 11.7 Å². The topological polar surface area (TPSA) is 52.6 Å². The smallest absolute Gasteiger partial charge is 0.234 e. The van der Waals surface area contributed by atoms with Crippen molar-refractivity contribution < 1.29 is 9.90 Å². The summed E-state index contributed by atoms with van der Waals surface area (Å²) in [5.41, 5.74) is 0.820. The van der Waals surface area contributed by atoms with Crippen molar-refractivity contribution >= 4 is 17.5 Å². The van der Waals surface area contributed by atoms with Crippen LogP contribution in [0.3, 0.4) is 0 Å². The van der Waals surface area contributed by atoms with Crippen molar-refractivity contribution in [2.75, 3.05) is 26.2 Å². The number of nitrogens with zero attached hydrogens (tertiary/aromatic N) is 1. The van der Waals surface area contributed by atoms with E-state index in [-0.39, 0.29) is 5.91 Å². The van der Waals surface area contributed by atoms with Gasteiger partial charge in [-0.2, -0.15) is 0 Å². The molecule has 2 rings (SSSR count). The Bertz CT molecular complexity index is 394. The molecular weight excluding hydrogens is 240 g/mol. The van der Waals surface area contributed by atoms with Crippen LogP contribution in [0, 0.1) is 0 Å². The lowest BCUT2D eigenvalue weighted by molar-refractivity contribution is -0.124. The molecule has 1 aromatic rings. The zero-order chi connectivity index (χ0) is 12.3. The predicted octanol–water partition coefficient (Wildman–Crippen LogP) is 0.805. The Labute approximate surface area is 105 Å². The highest BCUT2D eigenvalue weighted by Gasteiger charge is 2.19. The molecule has 0 radical (unpaired) electrons. The first-order valence-corrected chi connectivity index (χ1v) is 5.95. The zero-order valence-corrected chi connectivity index (χ0v) is 10.2. The van der Waals surface area contributed by atoms with Crippen LogP contribution in [0.25, 0.3) is 0 Å². The maximum atomic E-state index is 11.2. The number of aliphatic hydroxyl groups is 1. The molecule has 4 nitrogen and oxygen atoms in total. The van der Waals surface area contributed by atoms with Crippen LogP contribution in [-0.4, -0.2) is 42.1 Å². The molecular formula is C12H15ClN2O2. The number of halogens is 1. The summed E-state index contributed by atoms with van der Waals surface area (Å²) in [6.45, 7) is 2.24. The highest BCUT2D eigenvalue weighted by molar-refractivity contribution is 6.30. The maximum Gasteiger partial charge on any atom is 0.234 e. The fraction of sp³-hybridized carbons (Fsp3) is 0.417. The molecule has 1 atom stereocenters. The van der Waals surface area contributed by atoms with E-state index >= 15 is 0 Å². The second-order valence-corrected chi connectivity index (χ2v) is 4.59. The maximum absolute atomic E-state index is 11.2. The Morgan fingerprint density at radius 3 is 2.76 bits per heavy atom. The van der Waals surface area contributed by atoms with Gasteiger partial charge in [0, 0.05) is 24.7 Å². The third kappa shape index (κ3) is 3.43. The minimum absolute atomic E-state index is 0.0135. The van der Waals surface area contributed by atoms with Crippen molar-refractivity contribution in [1.82, 2.24) is 10.2 Å². The second-order valence-electron chi connectivity index (χ2n) is 4.15. The van der Waals surface area contributed by atoms with Gasteiger partial charge < -0.3 is 10.4 Å². The second kappa shape index (κ2) is 5.49. The van der Waals surface area contributed by atoms with Crippen LogP contribution in [-0.2, 0) is 4.79 Å². The van der Waals surface area contributed by atoms with Crippen LogP contribution in [0.5, 0.6) is 0 Å². The molecule has 0 saturated carbocycles. The third-order valence-electron chi connectivity index (χ3n) is 2.80. The van der Waals surface area contributed by atoms with Crippen molar-refractivity contribution in [3.8, 4) is 0 Å². The molecule has 1 aromatic carbocycles. The molecule has 1 saturated heterocycles. The lowest BCUT2D eigenvalue weighted by atomic mass is 10.1. The number of carbonyl (C=O) groups excluding carboxylic acids is 1. The van der Waals surface area contributed by atoms with E-state index in [0.29, 0.717) is 24.7 Å². The first-order valence-electron chi connectivity index (χ1n) is 5.58. The van der Waals surface area contributed by atoms with Crippen LogP contribution >= 0.6 is 11.6 Å². The number of hydrogen-bond acceptors (Lipinski definition) is 3. The number of carbonyl (C=O) groups is 1. The predicted molar refractivity (Wildman–Crippen MR) is 65.9 cm³/mol. The molecule has 1 heterocycles. The van der Waals surface area contributed by atoms with Crippen molar-refractivity contribution in [3.63, 3.8) is 0 Å². The van der Waals surface area contributed by atoms with E-state index in [0.717, 1.165) is 12.1 Å². The van der Waals surface area contributed by atoms with Gasteiger partial charge in [-0.1, -0.05) is 23.7 Å². The van der Waals surface area contributed by atoms with Gasteiger partial charge in [0.2, 0.25) is 5.91 Å². The van der Waals surface area contributed by atoms with Gasteiger partial charge in [-0.3, -0.25) is 9.69 Å². The van der Waals surface area contributed by atoms with E-state index < -0.39 is 6.10 Å². The van der Waals surface area contributed by atoms with Gasteiger partial charge in [-0.25, -0.2) is 0 Å². The van der Waals surface area contributed by atoms with Gasteiger partial charge in [-0.05, 0) is 17.7 Å². The van der Waals surface area contributed by atoms with E-state index in [1.807, 2.05) is 4.90 Å². The van der Waals surface area contributed by atoms with Gasteiger partial charge >= 0.3 is 0 Å². The highest BCUT2D eigenvalue weighted by atomic mass is 35.5. The molecule has 0 aliphatic carbocycles. The Kier molecular flexibility index (Phi) is 3.99. The van der Waals surface area contributed by atoms with E-state index in [4.69, 9.17) is 11.6 Å². The molecule has 1 unspecified atom stereocenters. The molecule has 1 fully saturated rings. The van der Waals surface area contributed by atoms with E-state index in [1.54, 1.807) is 24.3 Å². The van der Waals surface area contributed by atoms with Gasteiger partial charge in [0.1, 0.15) is 0 Å². The fourth-order valence-corrected chi connectivity index (χ4v) is 2.01. The number of amides is 1. The van der Waals surface area contributed by atoms with Crippen molar-refractivity contribution in [2.45, 2.75) is 6.10 Å². The van der Waals surface area contributed by atoms with Crippen LogP contribution in [0.4, 0.5) is 0 Å². The number of β-amino-alcohol motifs (C(OH)–C–C–N with tert-alkyl or cyclic N) is 1. The molecule has 0 bridgehead atoms. The minimum Gasteiger partial charge on any atom is -0.387 e. The summed E-state index contributed by atoms with van der Waals surface area (Å²) in [5, 5.41) is 13.4. The molecule has 1 aliphatic rings. The average Bonchev–Trinajstić information content (AvgIpc) is 2.29. The van der Waals surface area contributed by atoms with Gasteiger partial charge in [0.05, 0.1) is 12.6 Å². The van der Waals surface area contributed by atoms with E-state index in [9.17, 15) is 9.90 Å². The average molecular weight is 255 g/mol. The van der Waals surface area contributed by atoms with Crippen molar-refractivity contribution in [3.05, 3.63) is 34.9 Å². The van der Waals surface area contributed by atoms with Gasteiger partial charge in [-0.15, -0.1) is 0 Å². The van der Waals surface area contributed by atoms with Crippen LogP contribution in [0.15, 0.2) is 24.3 Å². The summed E-state index contributed by atoms with van der Waals surface area (Å²) in [6, 6.07) is 7.11. The Morgan fingerprint density at radius 2 is 2.12 bits per heavy atom. The lowest BCUT2D eigenvalue weighted by Crippen LogP contribution is -2.48.